The first-order valence-corrected chi connectivity index (χ1v) is 6.37. The summed E-state index contributed by atoms with van der Waals surface area (Å²) in [5, 5.41) is 0. The Labute approximate surface area is 77.7 Å². The van der Waals surface area contributed by atoms with Crippen molar-refractivity contribution in [3.63, 3.8) is 0 Å². The van der Waals surface area contributed by atoms with Crippen LogP contribution in [-0.4, -0.2) is 29.7 Å². The maximum absolute atomic E-state index is 12.3. The third kappa shape index (κ3) is 7.01. The fourth-order valence-electron chi connectivity index (χ4n) is 0.706. The molecule has 0 radical (unpaired) electrons. The predicted molar refractivity (Wildman–Crippen MR) is 55.5 cm³/mol. The standard InChI is InChI=1S/C8H17FS2/c1-3-10-6-8(5-9)7-11-4-2/h8H,3-7H2,1-2H3. The lowest BCUT2D eigenvalue weighted by molar-refractivity contribution is 0.413. The Hall–Kier alpha value is 0.630. The molecular formula is C8H17FS2. The highest BCUT2D eigenvalue weighted by atomic mass is 32.2. The Bertz CT molecular complexity index is 70.5. The van der Waals surface area contributed by atoms with E-state index in [1.165, 1.54) is 0 Å². The lowest BCUT2D eigenvalue weighted by atomic mass is 10.2. The van der Waals surface area contributed by atoms with E-state index in [4.69, 9.17) is 0 Å². The van der Waals surface area contributed by atoms with Gasteiger partial charge in [0.25, 0.3) is 0 Å². The van der Waals surface area contributed by atoms with E-state index in [9.17, 15) is 4.39 Å². The van der Waals surface area contributed by atoms with Crippen LogP contribution in [0, 0.1) is 5.92 Å². The van der Waals surface area contributed by atoms with Crippen molar-refractivity contribution in [1.29, 1.82) is 0 Å². The second-order valence-corrected chi connectivity index (χ2v) is 4.98. The smallest absolute Gasteiger partial charge is 0.0938 e. The molecule has 0 nitrogen and oxygen atoms in total. The van der Waals surface area contributed by atoms with Gasteiger partial charge in [-0.25, -0.2) is 0 Å². The molecule has 0 unspecified atom stereocenters. The SMILES string of the molecule is CCSCC(CF)CSCC. The predicted octanol–water partition coefficient (Wildman–Crippen LogP) is 3.08. The molecule has 0 fully saturated rings. The lowest BCUT2D eigenvalue weighted by Gasteiger charge is -2.10. The van der Waals surface area contributed by atoms with Crippen molar-refractivity contribution in [1.82, 2.24) is 0 Å². The molecule has 0 aromatic carbocycles. The number of halogens is 1. The van der Waals surface area contributed by atoms with Crippen molar-refractivity contribution >= 4 is 23.5 Å². The Morgan fingerprint density at radius 2 is 1.55 bits per heavy atom. The Balaban J connectivity index is 3.25. The first-order chi connectivity index (χ1) is 5.35. The van der Waals surface area contributed by atoms with Gasteiger partial charge in [-0.3, -0.25) is 4.39 Å². The number of hydrogen-bond donors (Lipinski definition) is 0. The van der Waals surface area contributed by atoms with E-state index in [2.05, 4.69) is 13.8 Å². The molecule has 3 heteroatoms. The molecule has 68 valence electrons. The molecular weight excluding hydrogens is 179 g/mol. The van der Waals surface area contributed by atoms with Gasteiger partial charge in [-0.05, 0) is 23.0 Å². The molecule has 0 bridgehead atoms. The summed E-state index contributed by atoms with van der Waals surface area (Å²) in [6, 6.07) is 0. The monoisotopic (exact) mass is 196 g/mol. The Kier molecular flexibility index (Phi) is 9.22. The molecule has 0 aliphatic rings. The van der Waals surface area contributed by atoms with Crippen LogP contribution in [-0.2, 0) is 0 Å². The van der Waals surface area contributed by atoms with E-state index in [0.29, 0.717) is 0 Å². The van der Waals surface area contributed by atoms with Gasteiger partial charge in [0.15, 0.2) is 0 Å². The van der Waals surface area contributed by atoms with E-state index in [1.54, 1.807) is 0 Å². The van der Waals surface area contributed by atoms with Gasteiger partial charge >= 0.3 is 0 Å². The van der Waals surface area contributed by atoms with Crippen LogP contribution in [0.2, 0.25) is 0 Å². The van der Waals surface area contributed by atoms with Gasteiger partial charge in [0, 0.05) is 5.92 Å². The molecule has 0 aromatic rings. The van der Waals surface area contributed by atoms with Gasteiger partial charge in [-0.2, -0.15) is 23.5 Å². The van der Waals surface area contributed by atoms with E-state index in [1.807, 2.05) is 23.5 Å². The molecule has 0 amide bonds. The highest BCUT2D eigenvalue weighted by Crippen LogP contribution is 2.14. The molecule has 0 atom stereocenters. The average molecular weight is 196 g/mol. The van der Waals surface area contributed by atoms with Gasteiger partial charge in [-0.1, -0.05) is 13.8 Å². The van der Waals surface area contributed by atoms with Crippen LogP contribution in [0.3, 0.4) is 0 Å². The van der Waals surface area contributed by atoms with Gasteiger partial charge in [0.1, 0.15) is 0 Å². The molecule has 11 heavy (non-hydrogen) atoms. The van der Waals surface area contributed by atoms with Crippen molar-refractivity contribution in [2.75, 3.05) is 29.7 Å². The number of alkyl halides is 1. The molecule has 0 rings (SSSR count). The summed E-state index contributed by atoms with van der Waals surface area (Å²) in [5.74, 6) is 4.46. The summed E-state index contributed by atoms with van der Waals surface area (Å²) >= 11 is 3.68. The first kappa shape index (κ1) is 11.6. The van der Waals surface area contributed by atoms with Crippen LogP contribution in [0.5, 0.6) is 0 Å². The highest BCUT2D eigenvalue weighted by molar-refractivity contribution is 8.00. The summed E-state index contributed by atoms with van der Waals surface area (Å²) in [6.07, 6.45) is 0. The Morgan fingerprint density at radius 3 is 1.82 bits per heavy atom. The lowest BCUT2D eigenvalue weighted by Crippen LogP contribution is -2.09. The van der Waals surface area contributed by atoms with Gasteiger partial charge in [-0.15, -0.1) is 0 Å². The molecule has 0 spiro atoms. The van der Waals surface area contributed by atoms with E-state index >= 15 is 0 Å². The molecule has 0 saturated carbocycles. The summed E-state index contributed by atoms with van der Waals surface area (Å²) in [5.41, 5.74) is 0. The van der Waals surface area contributed by atoms with Crippen molar-refractivity contribution in [3.05, 3.63) is 0 Å². The van der Waals surface area contributed by atoms with Crippen molar-refractivity contribution in [2.24, 2.45) is 5.92 Å². The summed E-state index contributed by atoms with van der Waals surface area (Å²) in [7, 11) is 0. The third-order valence-corrected chi connectivity index (χ3v) is 3.56. The first-order valence-electron chi connectivity index (χ1n) is 4.06. The molecule has 0 saturated heterocycles. The van der Waals surface area contributed by atoms with Crippen molar-refractivity contribution in [3.8, 4) is 0 Å². The second kappa shape index (κ2) is 8.72. The zero-order valence-electron chi connectivity index (χ0n) is 7.31. The largest absolute Gasteiger partial charge is 0.251 e. The highest BCUT2D eigenvalue weighted by Gasteiger charge is 2.06. The van der Waals surface area contributed by atoms with Crippen LogP contribution in [0.4, 0.5) is 4.39 Å². The third-order valence-electron chi connectivity index (χ3n) is 1.33. The molecule has 0 heterocycles. The van der Waals surface area contributed by atoms with Crippen molar-refractivity contribution in [2.45, 2.75) is 13.8 Å². The zero-order chi connectivity index (χ0) is 8.53. The molecule has 0 N–H and O–H groups in total. The van der Waals surface area contributed by atoms with Crippen LogP contribution >= 0.6 is 23.5 Å². The number of hydrogen-bond acceptors (Lipinski definition) is 2. The minimum Gasteiger partial charge on any atom is -0.251 e. The fraction of sp³-hybridized carbons (Fsp3) is 1.00. The second-order valence-electron chi connectivity index (χ2n) is 2.34. The maximum atomic E-state index is 12.3. The number of rotatable bonds is 7. The van der Waals surface area contributed by atoms with Gasteiger partial charge < -0.3 is 0 Å². The van der Waals surface area contributed by atoms with E-state index in [0.717, 1.165) is 23.0 Å². The van der Waals surface area contributed by atoms with Crippen LogP contribution < -0.4 is 0 Å². The zero-order valence-corrected chi connectivity index (χ0v) is 8.94. The van der Waals surface area contributed by atoms with Crippen LogP contribution in [0.1, 0.15) is 13.8 Å². The van der Waals surface area contributed by atoms with Crippen LogP contribution in [0.25, 0.3) is 0 Å². The summed E-state index contributed by atoms with van der Waals surface area (Å²) < 4.78 is 12.3. The minimum atomic E-state index is -0.153. The fourth-order valence-corrected chi connectivity index (χ4v) is 2.41. The molecule has 0 aliphatic heterocycles. The minimum absolute atomic E-state index is 0.153. The van der Waals surface area contributed by atoms with Crippen LogP contribution in [0.15, 0.2) is 0 Å². The maximum Gasteiger partial charge on any atom is 0.0938 e. The van der Waals surface area contributed by atoms with Crippen molar-refractivity contribution < 1.29 is 4.39 Å². The molecule has 0 aliphatic carbocycles. The quantitative estimate of drug-likeness (QED) is 0.614. The summed E-state index contributed by atoms with van der Waals surface area (Å²) in [4.78, 5) is 0. The van der Waals surface area contributed by atoms with Gasteiger partial charge in [0.2, 0.25) is 0 Å². The normalized spacial score (nSPS) is 10.9. The number of thioether (sulfide) groups is 2. The Morgan fingerprint density at radius 1 is 1.09 bits per heavy atom. The van der Waals surface area contributed by atoms with E-state index in [-0.39, 0.29) is 12.6 Å². The average Bonchev–Trinajstić information content (AvgIpc) is 2.05. The van der Waals surface area contributed by atoms with Gasteiger partial charge in [0.05, 0.1) is 6.67 Å². The topological polar surface area (TPSA) is 0 Å². The molecule has 0 aromatic heterocycles. The van der Waals surface area contributed by atoms with E-state index < -0.39 is 0 Å². The summed E-state index contributed by atoms with van der Waals surface area (Å²) in [6.45, 7) is 4.08.